The molecule has 9 heteroatoms. The number of aromatic nitrogens is 3. The Morgan fingerprint density at radius 3 is 2.30 bits per heavy atom. The minimum absolute atomic E-state index is 0.201. The smallest absolute Gasteiger partial charge is 0.175 e. The Morgan fingerprint density at radius 2 is 1.70 bits per heavy atom. The quantitative estimate of drug-likeness (QED) is 0.431. The standard InChI is InChI=1S/C24H22FN5O2S/c1-15(16-3-7-18(25)8-4-16)23-20(17-5-9-19(10-6-17)33(2,31)32)13-21(30-24(23)26)29-22-14-27-11-12-28-22/h3-15H,1-2H3,(H3,26,28,29,30). The molecule has 0 fully saturated rings. The molecule has 0 amide bonds. The summed E-state index contributed by atoms with van der Waals surface area (Å²) in [6.07, 6.45) is 5.85. The van der Waals surface area contributed by atoms with Crippen LogP contribution in [0.15, 0.2) is 78.1 Å². The number of benzene rings is 2. The first-order valence-corrected chi connectivity index (χ1v) is 12.0. The summed E-state index contributed by atoms with van der Waals surface area (Å²) < 4.78 is 37.3. The molecule has 0 aliphatic heterocycles. The summed E-state index contributed by atoms with van der Waals surface area (Å²) in [5.74, 6) is 0.737. The van der Waals surface area contributed by atoms with E-state index in [1.54, 1.807) is 55.0 Å². The van der Waals surface area contributed by atoms with Gasteiger partial charge in [-0.3, -0.25) is 4.98 Å². The number of halogens is 1. The molecule has 0 bridgehead atoms. The number of anilines is 3. The Kier molecular flexibility index (Phi) is 6.06. The maximum absolute atomic E-state index is 13.5. The van der Waals surface area contributed by atoms with E-state index >= 15 is 0 Å². The molecule has 33 heavy (non-hydrogen) atoms. The van der Waals surface area contributed by atoms with Gasteiger partial charge in [0.25, 0.3) is 0 Å². The van der Waals surface area contributed by atoms with Gasteiger partial charge in [0.05, 0.1) is 11.1 Å². The van der Waals surface area contributed by atoms with Crippen LogP contribution in [0.1, 0.15) is 24.0 Å². The van der Waals surface area contributed by atoms with Crippen LogP contribution in [0.3, 0.4) is 0 Å². The van der Waals surface area contributed by atoms with Gasteiger partial charge in [0.1, 0.15) is 23.3 Å². The molecular formula is C24H22FN5O2S. The average Bonchev–Trinajstić information content (AvgIpc) is 2.79. The zero-order chi connectivity index (χ0) is 23.6. The van der Waals surface area contributed by atoms with Crippen LogP contribution in [-0.4, -0.2) is 29.6 Å². The molecule has 7 nitrogen and oxygen atoms in total. The fourth-order valence-corrected chi connectivity index (χ4v) is 4.26. The van der Waals surface area contributed by atoms with Crippen molar-refractivity contribution >= 4 is 27.3 Å². The first-order chi connectivity index (χ1) is 15.7. The summed E-state index contributed by atoms with van der Waals surface area (Å²) in [5.41, 5.74) is 9.58. The number of nitrogens with two attached hydrogens (primary N) is 1. The van der Waals surface area contributed by atoms with Crippen molar-refractivity contribution in [2.24, 2.45) is 0 Å². The first-order valence-electron chi connectivity index (χ1n) is 10.1. The highest BCUT2D eigenvalue weighted by Crippen LogP contribution is 2.38. The predicted molar refractivity (Wildman–Crippen MR) is 126 cm³/mol. The fraction of sp³-hybridized carbons (Fsp3) is 0.125. The van der Waals surface area contributed by atoms with E-state index in [-0.39, 0.29) is 16.6 Å². The third-order valence-corrected chi connectivity index (χ3v) is 6.43. The van der Waals surface area contributed by atoms with E-state index in [4.69, 9.17) is 5.73 Å². The van der Waals surface area contributed by atoms with Gasteiger partial charge in [0, 0.05) is 30.1 Å². The summed E-state index contributed by atoms with van der Waals surface area (Å²) in [4.78, 5) is 13.0. The van der Waals surface area contributed by atoms with Crippen molar-refractivity contribution in [2.45, 2.75) is 17.7 Å². The van der Waals surface area contributed by atoms with Gasteiger partial charge in [0.15, 0.2) is 9.84 Å². The van der Waals surface area contributed by atoms with Crippen LogP contribution in [0.4, 0.5) is 21.8 Å². The van der Waals surface area contributed by atoms with Gasteiger partial charge >= 0.3 is 0 Å². The van der Waals surface area contributed by atoms with Crippen LogP contribution >= 0.6 is 0 Å². The van der Waals surface area contributed by atoms with Crippen molar-refractivity contribution in [2.75, 3.05) is 17.3 Å². The zero-order valence-electron chi connectivity index (χ0n) is 18.0. The minimum Gasteiger partial charge on any atom is -0.383 e. The molecule has 0 aliphatic rings. The SMILES string of the molecule is CC(c1ccc(F)cc1)c1c(-c2ccc(S(C)(=O)=O)cc2)cc(Nc2cnccn2)nc1N. The summed E-state index contributed by atoms with van der Waals surface area (Å²) in [6, 6.07) is 14.6. The van der Waals surface area contributed by atoms with E-state index in [0.29, 0.717) is 17.5 Å². The van der Waals surface area contributed by atoms with E-state index in [1.807, 2.05) is 13.0 Å². The Hall–Kier alpha value is -3.85. The number of rotatable bonds is 6. The van der Waals surface area contributed by atoms with Crippen LogP contribution in [0.25, 0.3) is 11.1 Å². The molecule has 0 saturated carbocycles. The molecule has 168 valence electrons. The van der Waals surface area contributed by atoms with Gasteiger partial charge in [-0.25, -0.2) is 22.8 Å². The molecule has 2 heterocycles. The Labute approximate surface area is 191 Å². The van der Waals surface area contributed by atoms with E-state index in [0.717, 1.165) is 28.5 Å². The normalized spacial score (nSPS) is 12.3. The maximum Gasteiger partial charge on any atom is 0.175 e. The molecule has 2 aromatic carbocycles. The van der Waals surface area contributed by atoms with E-state index in [9.17, 15) is 12.8 Å². The predicted octanol–water partition coefficient (Wildman–Crippen LogP) is 4.56. The van der Waals surface area contributed by atoms with Crippen LogP contribution in [0.2, 0.25) is 0 Å². The lowest BCUT2D eigenvalue weighted by molar-refractivity contribution is 0.602. The van der Waals surface area contributed by atoms with Crippen molar-refractivity contribution in [3.05, 3.63) is 90.1 Å². The van der Waals surface area contributed by atoms with E-state index < -0.39 is 9.84 Å². The number of sulfone groups is 1. The summed E-state index contributed by atoms with van der Waals surface area (Å²) >= 11 is 0. The third kappa shape index (κ3) is 4.98. The lowest BCUT2D eigenvalue weighted by Crippen LogP contribution is -2.08. The maximum atomic E-state index is 13.5. The van der Waals surface area contributed by atoms with Crippen LogP contribution in [-0.2, 0) is 9.84 Å². The molecule has 4 rings (SSSR count). The Morgan fingerprint density at radius 1 is 1.00 bits per heavy atom. The topological polar surface area (TPSA) is 111 Å². The molecule has 0 saturated heterocycles. The Balaban J connectivity index is 1.85. The number of nitrogens with one attached hydrogen (secondary N) is 1. The fourth-order valence-electron chi connectivity index (χ4n) is 3.63. The van der Waals surface area contributed by atoms with E-state index in [2.05, 4.69) is 20.3 Å². The second-order valence-electron chi connectivity index (χ2n) is 7.64. The average molecular weight is 464 g/mol. The van der Waals surface area contributed by atoms with Crippen LogP contribution in [0, 0.1) is 5.82 Å². The number of hydrogen-bond donors (Lipinski definition) is 2. The van der Waals surface area contributed by atoms with Gasteiger partial charge < -0.3 is 11.1 Å². The first kappa shape index (κ1) is 22.3. The highest BCUT2D eigenvalue weighted by atomic mass is 32.2. The summed E-state index contributed by atoms with van der Waals surface area (Å²) in [5, 5.41) is 3.09. The molecule has 0 aliphatic carbocycles. The molecule has 1 unspecified atom stereocenters. The molecule has 2 aromatic heterocycles. The van der Waals surface area contributed by atoms with E-state index in [1.165, 1.54) is 12.1 Å². The second-order valence-corrected chi connectivity index (χ2v) is 9.66. The molecule has 1 atom stereocenters. The van der Waals surface area contributed by atoms with Crippen molar-refractivity contribution in [1.82, 2.24) is 15.0 Å². The summed E-state index contributed by atoms with van der Waals surface area (Å²) in [6.45, 7) is 1.96. The molecule has 4 aromatic rings. The minimum atomic E-state index is -3.33. The molecule has 3 N–H and O–H groups in total. The molecule has 0 spiro atoms. The Bertz CT molecular complexity index is 1380. The van der Waals surface area contributed by atoms with Crippen molar-refractivity contribution in [3.8, 4) is 11.1 Å². The van der Waals surface area contributed by atoms with Crippen molar-refractivity contribution in [3.63, 3.8) is 0 Å². The van der Waals surface area contributed by atoms with Gasteiger partial charge in [-0.2, -0.15) is 0 Å². The number of nitrogen functional groups attached to an aromatic ring is 1. The molecular weight excluding hydrogens is 441 g/mol. The summed E-state index contributed by atoms with van der Waals surface area (Å²) in [7, 11) is -3.33. The monoisotopic (exact) mass is 463 g/mol. The highest BCUT2D eigenvalue weighted by molar-refractivity contribution is 7.90. The van der Waals surface area contributed by atoms with Gasteiger partial charge in [-0.15, -0.1) is 0 Å². The van der Waals surface area contributed by atoms with Crippen molar-refractivity contribution in [1.29, 1.82) is 0 Å². The van der Waals surface area contributed by atoms with Crippen LogP contribution < -0.4 is 11.1 Å². The largest absolute Gasteiger partial charge is 0.383 e. The number of hydrogen-bond acceptors (Lipinski definition) is 7. The van der Waals surface area contributed by atoms with Gasteiger partial charge in [-0.05, 0) is 47.0 Å². The van der Waals surface area contributed by atoms with Crippen LogP contribution in [0.5, 0.6) is 0 Å². The third-order valence-electron chi connectivity index (χ3n) is 5.30. The molecule has 0 radical (unpaired) electrons. The highest BCUT2D eigenvalue weighted by Gasteiger charge is 2.20. The van der Waals surface area contributed by atoms with Gasteiger partial charge in [0.2, 0.25) is 0 Å². The number of nitrogens with zero attached hydrogens (tertiary/aromatic N) is 3. The second kappa shape index (κ2) is 8.95. The zero-order valence-corrected chi connectivity index (χ0v) is 18.8. The lowest BCUT2D eigenvalue weighted by atomic mass is 9.87. The van der Waals surface area contributed by atoms with Crippen molar-refractivity contribution < 1.29 is 12.8 Å². The number of pyridine rings is 1. The van der Waals surface area contributed by atoms with Gasteiger partial charge in [-0.1, -0.05) is 31.2 Å². The lowest BCUT2D eigenvalue weighted by Gasteiger charge is -2.21.